The summed E-state index contributed by atoms with van der Waals surface area (Å²) in [5, 5.41) is -0.328. The van der Waals surface area contributed by atoms with E-state index in [9.17, 15) is 26.4 Å². The molecular formula is C15H17F3N2O3S. The van der Waals surface area contributed by atoms with Gasteiger partial charge in [0.25, 0.3) is 5.91 Å². The van der Waals surface area contributed by atoms with Crippen LogP contribution in [0.1, 0.15) is 28.8 Å². The molecular weight excluding hydrogens is 345 g/mol. The van der Waals surface area contributed by atoms with Crippen LogP contribution in [-0.4, -0.2) is 55.0 Å². The van der Waals surface area contributed by atoms with Gasteiger partial charge in [-0.05, 0) is 25.0 Å². The number of amides is 1. The van der Waals surface area contributed by atoms with E-state index in [0.29, 0.717) is 12.8 Å². The number of carbonyl (C=O) groups is 1. The van der Waals surface area contributed by atoms with Gasteiger partial charge in [0.2, 0.25) is 10.0 Å². The Morgan fingerprint density at radius 3 is 2.17 bits per heavy atom. The van der Waals surface area contributed by atoms with Gasteiger partial charge in [0.1, 0.15) is 0 Å². The van der Waals surface area contributed by atoms with Crippen LogP contribution in [0.2, 0.25) is 0 Å². The first-order valence-corrected chi connectivity index (χ1v) is 9.16. The third-order valence-corrected chi connectivity index (χ3v) is 6.69. The van der Waals surface area contributed by atoms with E-state index in [1.807, 2.05) is 0 Å². The second kappa shape index (κ2) is 6.03. The first kappa shape index (κ1) is 17.2. The normalized spacial score (nSPS) is 20.2. The molecule has 2 aliphatic rings. The van der Waals surface area contributed by atoms with Crippen molar-refractivity contribution in [2.45, 2.75) is 24.3 Å². The van der Waals surface area contributed by atoms with Crippen LogP contribution in [-0.2, 0) is 16.2 Å². The van der Waals surface area contributed by atoms with Crippen molar-refractivity contribution in [2.75, 3.05) is 26.2 Å². The van der Waals surface area contributed by atoms with Crippen LogP contribution in [0.15, 0.2) is 24.3 Å². The summed E-state index contributed by atoms with van der Waals surface area (Å²) in [6.07, 6.45) is -3.30. The molecule has 1 aromatic carbocycles. The highest BCUT2D eigenvalue weighted by molar-refractivity contribution is 7.90. The molecule has 0 spiro atoms. The second-order valence-corrected chi connectivity index (χ2v) is 8.19. The molecule has 0 unspecified atom stereocenters. The van der Waals surface area contributed by atoms with Gasteiger partial charge < -0.3 is 4.90 Å². The van der Waals surface area contributed by atoms with Crippen LogP contribution in [0.3, 0.4) is 0 Å². The molecule has 0 radical (unpaired) electrons. The summed E-state index contributed by atoms with van der Waals surface area (Å²) in [5.74, 6) is -0.716. The molecule has 1 amide bonds. The third kappa shape index (κ3) is 3.27. The number of carbonyl (C=O) groups excluding carboxylic acids is 1. The summed E-state index contributed by atoms with van der Waals surface area (Å²) in [6.45, 7) is 0.436. The van der Waals surface area contributed by atoms with Crippen molar-refractivity contribution < 1.29 is 26.4 Å². The standard InChI is InChI=1S/C15H17F3N2O3S/c16-15(17,18)13-4-2-1-3-12(13)14(21)19-7-9-20(10-8-19)24(22,23)11-5-6-11/h1-4,11H,5-10H2. The van der Waals surface area contributed by atoms with E-state index in [0.717, 1.165) is 12.1 Å². The fourth-order valence-electron chi connectivity index (χ4n) is 2.81. The van der Waals surface area contributed by atoms with Crippen molar-refractivity contribution in [3.05, 3.63) is 35.4 Å². The number of hydrogen-bond donors (Lipinski definition) is 0. The van der Waals surface area contributed by atoms with E-state index in [1.54, 1.807) is 0 Å². The molecule has 0 N–H and O–H groups in total. The number of halogens is 3. The first-order chi connectivity index (χ1) is 11.2. The van der Waals surface area contributed by atoms with Crippen LogP contribution in [0, 0.1) is 0 Å². The fraction of sp³-hybridized carbons (Fsp3) is 0.533. The summed E-state index contributed by atoms with van der Waals surface area (Å²) in [5.41, 5.74) is -1.37. The van der Waals surface area contributed by atoms with Gasteiger partial charge in [-0.15, -0.1) is 0 Å². The molecule has 1 saturated heterocycles. The molecule has 0 aromatic heterocycles. The SMILES string of the molecule is O=C(c1ccccc1C(F)(F)F)N1CCN(S(=O)(=O)C2CC2)CC1. The zero-order valence-corrected chi connectivity index (χ0v) is 13.6. The largest absolute Gasteiger partial charge is 0.417 e. The minimum Gasteiger partial charge on any atom is -0.336 e. The summed E-state index contributed by atoms with van der Waals surface area (Å²) < 4.78 is 64.7. The van der Waals surface area contributed by atoms with Gasteiger partial charge >= 0.3 is 6.18 Å². The van der Waals surface area contributed by atoms with Crippen molar-refractivity contribution in [3.8, 4) is 0 Å². The maximum Gasteiger partial charge on any atom is 0.417 e. The van der Waals surface area contributed by atoms with E-state index in [2.05, 4.69) is 0 Å². The number of hydrogen-bond acceptors (Lipinski definition) is 3. The molecule has 9 heteroatoms. The molecule has 2 fully saturated rings. The predicted octanol–water partition coefficient (Wildman–Crippen LogP) is 1.96. The lowest BCUT2D eigenvalue weighted by Gasteiger charge is -2.34. The minimum atomic E-state index is -4.61. The highest BCUT2D eigenvalue weighted by Gasteiger charge is 2.42. The summed E-state index contributed by atoms with van der Waals surface area (Å²) in [4.78, 5) is 13.7. The number of sulfonamides is 1. The Hall–Kier alpha value is -1.61. The lowest BCUT2D eigenvalue weighted by atomic mass is 10.1. The maximum absolute atomic E-state index is 13.0. The molecule has 1 aromatic rings. The summed E-state index contributed by atoms with van der Waals surface area (Å²) >= 11 is 0. The van der Waals surface area contributed by atoms with Gasteiger partial charge in [-0.1, -0.05) is 12.1 Å². The van der Waals surface area contributed by atoms with Gasteiger partial charge in [0, 0.05) is 26.2 Å². The highest BCUT2D eigenvalue weighted by atomic mass is 32.2. The Morgan fingerprint density at radius 1 is 1.04 bits per heavy atom. The van der Waals surface area contributed by atoms with Gasteiger partial charge in [-0.3, -0.25) is 4.79 Å². The maximum atomic E-state index is 13.0. The van der Waals surface area contributed by atoms with Gasteiger partial charge in [-0.25, -0.2) is 8.42 Å². The lowest BCUT2D eigenvalue weighted by Crippen LogP contribution is -2.51. The number of piperazine rings is 1. The van der Waals surface area contributed by atoms with Crippen LogP contribution in [0.4, 0.5) is 13.2 Å². The zero-order valence-electron chi connectivity index (χ0n) is 12.8. The van der Waals surface area contributed by atoms with Gasteiger partial charge in [-0.2, -0.15) is 17.5 Å². The molecule has 1 heterocycles. The van der Waals surface area contributed by atoms with Crippen molar-refractivity contribution in [1.82, 2.24) is 9.21 Å². The topological polar surface area (TPSA) is 57.7 Å². The Labute approximate surface area is 138 Å². The fourth-order valence-corrected chi connectivity index (χ4v) is 4.64. The molecule has 0 bridgehead atoms. The van der Waals surface area contributed by atoms with Gasteiger partial charge in [0.15, 0.2) is 0 Å². The van der Waals surface area contributed by atoms with Crippen LogP contribution in [0.5, 0.6) is 0 Å². The van der Waals surface area contributed by atoms with Crippen molar-refractivity contribution in [2.24, 2.45) is 0 Å². The Bertz CT molecular complexity index is 737. The number of benzene rings is 1. The monoisotopic (exact) mass is 362 g/mol. The molecule has 132 valence electrons. The quantitative estimate of drug-likeness (QED) is 0.826. The molecule has 3 rings (SSSR count). The summed E-state index contributed by atoms with van der Waals surface area (Å²) in [6, 6.07) is 4.65. The van der Waals surface area contributed by atoms with Crippen molar-refractivity contribution in [1.29, 1.82) is 0 Å². The predicted molar refractivity (Wildman–Crippen MR) is 80.9 cm³/mol. The van der Waals surface area contributed by atoms with E-state index in [-0.39, 0.29) is 31.4 Å². The molecule has 5 nitrogen and oxygen atoms in total. The molecule has 0 atom stereocenters. The Morgan fingerprint density at radius 2 is 1.62 bits per heavy atom. The van der Waals surface area contributed by atoms with E-state index < -0.39 is 33.2 Å². The van der Waals surface area contributed by atoms with Crippen LogP contribution in [0.25, 0.3) is 0 Å². The number of alkyl halides is 3. The average molecular weight is 362 g/mol. The van der Waals surface area contributed by atoms with E-state index in [4.69, 9.17) is 0 Å². The number of rotatable bonds is 3. The molecule has 1 aliphatic heterocycles. The zero-order chi connectivity index (χ0) is 17.5. The molecule has 1 aliphatic carbocycles. The first-order valence-electron chi connectivity index (χ1n) is 7.66. The van der Waals surface area contributed by atoms with Crippen molar-refractivity contribution >= 4 is 15.9 Å². The van der Waals surface area contributed by atoms with Crippen molar-refractivity contribution in [3.63, 3.8) is 0 Å². The van der Waals surface area contributed by atoms with Crippen LogP contribution >= 0.6 is 0 Å². The minimum absolute atomic E-state index is 0.0942. The Balaban J connectivity index is 1.72. The van der Waals surface area contributed by atoms with Gasteiger partial charge in [0.05, 0.1) is 16.4 Å². The second-order valence-electron chi connectivity index (χ2n) is 5.98. The molecule has 24 heavy (non-hydrogen) atoms. The van der Waals surface area contributed by atoms with E-state index in [1.165, 1.54) is 21.3 Å². The third-order valence-electron chi connectivity index (χ3n) is 4.29. The number of nitrogens with zero attached hydrogens (tertiary/aromatic N) is 2. The summed E-state index contributed by atoms with van der Waals surface area (Å²) in [7, 11) is -3.32. The smallest absolute Gasteiger partial charge is 0.336 e. The van der Waals surface area contributed by atoms with E-state index >= 15 is 0 Å². The average Bonchev–Trinajstić information content (AvgIpc) is 3.39. The molecule has 1 saturated carbocycles. The van der Waals surface area contributed by atoms with Crippen LogP contribution < -0.4 is 0 Å². The lowest BCUT2D eigenvalue weighted by molar-refractivity contribution is -0.138. The Kier molecular flexibility index (Phi) is 4.33. The highest BCUT2D eigenvalue weighted by Crippen LogP contribution is 2.33.